The molecule has 0 aliphatic carbocycles. The average Bonchev–Trinajstić information content (AvgIpc) is 2.94. The Morgan fingerprint density at radius 3 is 2.35 bits per heavy atom. The molecule has 88 valence electrons. The molecule has 0 spiro atoms. The maximum atomic E-state index is 12.0. The molecule has 2 amide bonds. The van der Waals surface area contributed by atoms with Crippen LogP contribution in [0, 0.1) is 0 Å². The number of hydroxylamine groups is 2. The van der Waals surface area contributed by atoms with Gasteiger partial charge in [0.05, 0.1) is 17.2 Å². The molecule has 1 aromatic carbocycles. The van der Waals surface area contributed by atoms with Crippen molar-refractivity contribution >= 4 is 11.8 Å². The highest BCUT2D eigenvalue weighted by atomic mass is 16.7. The molecular weight excluding hydrogens is 220 g/mol. The van der Waals surface area contributed by atoms with Crippen LogP contribution in [0.5, 0.6) is 0 Å². The van der Waals surface area contributed by atoms with Crippen LogP contribution in [0.2, 0.25) is 0 Å². The van der Waals surface area contributed by atoms with Gasteiger partial charge in [-0.05, 0) is 25.1 Å². The minimum atomic E-state index is -0.363. The second-order valence-corrected chi connectivity index (χ2v) is 4.17. The number of rotatable bonds is 2. The molecule has 2 aliphatic rings. The first-order chi connectivity index (χ1) is 8.27. The van der Waals surface area contributed by atoms with Crippen LogP contribution in [-0.4, -0.2) is 36.1 Å². The zero-order chi connectivity index (χ0) is 11.8. The first-order valence-corrected chi connectivity index (χ1v) is 5.62. The van der Waals surface area contributed by atoms with Gasteiger partial charge in [0.2, 0.25) is 0 Å². The molecule has 0 aromatic heterocycles. The van der Waals surface area contributed by atoms with E-state index in [0.29, 0.717) is 17.7 Å². The molecule has 3 rings (SSSR count). The lowest BCUT2D eigenvalue weighted by Crippen LogP contribution is -2.35. The van der Waals surface area contributed by atoms with Gasteiger partial charge in [0, 0.05) is 6.54 Å². The summed E-state index contributed by atoms with van der Waals surface area (Å²) in [6.07, 6.45) is 0.713. The quantitative estimate of drug-likeness (QED) is 0.758. The van der Waals surface area contributed by atoms with Crippen molar-refractivity contribution in [3.63, 3.8) is 0 Å². The zero-order valence-electron chi connectivity index (χ0n) is 9.18. The summed E-state index contributed by atoms with van der Waals surface area (Å²) >= 11 is 0. The smallest absolute Gasteiger partial charge is 0.285 e. The van der Waals surface area contributed by atoms with Gasteiger partial charge >= 0.3 is 0 Å². The molecule has 17 heavy (non-hydrogen) atoms. The van der Waals surface area contributed by atoms with Crippen molar-refractivity contribution < 1.29 is 14.4 Å². The Hall–Kier alpha value is -1.72. The van der Waals surface area contributed by atoms with E-state index in [2.05, 4.69) is 5.32 Å². The third-order valence-corrected chi connectivity index (χ3v) is 3.03. The SMILES string of the molecule is O=C1c2ccccc2C(=O)N1OC1CCNC1. The van der Waals surface area contributed by atoms with Crippen LogP contribution in [0.3, 0.4) is 0 Å². The Labute approximate surface area is 98.3 Å². The van der Waals surface area contributed by atoms with Gasteiger partial charge in [-0.15, -0.1) is 5.06 Å². The number of amides is 2. The second kappa shape index (κ2) is 3.94. The first-order valence-electron chi connectivity index (χ1n) is 5.62. The lowest BCUT2D eigenvalue weighted by Gasteiger charge is -2.17. The van der Waals surface area contributed by atoms with Gasteiger partial charge in [-0.1, -0.05) is 12.1 Å². The Balaban J connectivity index is 1.84. The van der Waals surface area contributed by atoms with Crippen LogP contribution < -0.4 is 5.32 Å². The average molecular weight is 232 g/mol. The van der Waals surface area contributed by atoms with Crippen LogP contribution in [0.4, 0.5) is 0 Å². The van der Waals surface area contributed by atoms with Crippen molar-refractivity contribution in [2.75, 3.05) is 13.1 Å². The van der Waals surface area contributed by atoms with E-state index < -0.39 is 0 Å². The predicted octanol–water partition coefficient (Wildman–Crippen LogP) is 0.576. The molecule has 1 fully saturated rings. The van der Waals surface area contributed by atoms with E-state index in [-0.39, 0.29) is 17.9 Å². The molecule has 1 saturated heterocycles. The molecule has 1 N–H and O–H groups in total. The van der Waals surface area contributed by atoms with Gasteiger partial charge in [-0.3, -0.25) is 14.4 Å². The second-order valence-electron chi connectivity index (χ2n) is 4.17. The Kier molecular flexibility index (Phi) is 2.42. The Morgan fingerprint density at radius 1 is 1.18 bits per heavy atom. The van der Waals surface area contributed by atoms with Gasteiger partial charge < -0.3 is 5.32 Å². The summed E-state index contributed by atoms with van der Waals surface area (Å²) in [5.74, 6) is -0.727. The van der Waals surface area contributed by atoms with Gasteiger partial charge in [0.1, 0.15) is 0 Å². The van der Waals surface area contributed by atoms with E-state index in [4.69, 9.17) is 4.84 Å². The van der Waals surface area contributed by atoms with Crippen LogP contribution in [0.25, 0.3) is 0 Å². The maximum Gasteiger partial charge on any atom is 0.285 e. The number of nitrogens with one attached hydrogen (secondary N) is 1. The third kappa shape index (κ3) is 1.64. The number of carbonyl (C=O) groups excluding carboxylic acids is 2. The van der Waals surface area contributed by atoms with Gasteiger partial charge in [0.25, 0.3) is 11.8 Å². The summed E-state index contributed by atoms with van der Waals surface area (Å²) in [6.45, 7) is 1.53. The summed E-state index contributed by atoms with van der Waals surface area (Å²) in [5.41, 5.74) is 0.840. The van der Waals surface area contributed by atoms with Crippen LogP contribution in [0.15, 0.2) is 24.3 Å². The molecule has 1 unspecified atom stereocenters. The molecular formula is C12H12N2O3. The van der Waals surface area contributed by atoms with Gasteiger partial charge in [-0.2, -0.15) is 0 Å². The highest BCUT2D eigenvalue weighted by Gasteiger charge is 2.38. The monoisotopic (exact) mass is 232 g/mol. The summed E-state index contributed by atoms with van der Waals surface area (Å²) in [6, 6.07) is 6.77. The molecule has 1 atom stereocenters. The van der Waals surface area contributed by atoms with Crippen molar-refractivity contribution in [2.45, 2.75) is 12.5 Å². The standard InChI is InChI=1S/C12H12N2O3/c15-11-9-3-1-2-4-10(9)12(16)14(11)17-8-5-6-13-7-8/h1-4,8,13H,5-7H2. The fourth-order valence-corrected chi connectivity index (χ4v) is 2.13. The molecule has 5 nitrogen and oxygen atoms in total. The molecule has 0 bridgehead atoms. The highest BCUT2D eigenvalue weighted by molar-refractivity contribution is 6.20. The van der Waals surface area contributed by atoms with Crippen molar-refractivity contribution in [1.82, 2.24) is 10.4 Å². The first kappa shape index (κ1) is 10.4. The predicted molar refractivity (Wildman–Crippen MR) is 59.3 cm³/mol. The molecule has 5 heteroatoms. The number of carbonyl (C=O) groups is 2. The minimum absolute atomic E-state index is 0.0998. The topological polar surface area (TPSA) is 58.6 Å². The maximum absolute atomic E-state index is 12.0. The Morgan fingerprint density at radius 2 is 1.82 bits per heavy atom. The summed E-state index contributed by atoms with van der Waals surface area (Å²) in [4.78, 5) is 29.4. The minimum Gasteiger partial charge on any atom is -0.314 e. The highest BCUT2D eigenvalue weighted by Crippen LogP contribution is 2.24. The number of hydrogen-bond acceptors (Lipinski definition) is 4. The lowest BCUT2D eigenvalue weighted by molar-refractivity contribution is -0.125. The molecule has 0 saturated carbocycles. The fourth-order valence-electron chi connectivity index (χ4n) is 2.13. The van der Waals surface area contributed by atoms with Crippen molar-refractivity contribution in [3.8, 4) is 0 Å². The summed E-state index contributed by atoms with van der Waals surface area (Å²) in [5, 5.41) is 4.01. The van der Waals surface area contributed by atoms with E-state index >= 15 is 0 Å². The molecule has 0 radical (unpaired) electrons. The van der Waals surface area contributed by atoms with E-state index in [9.17, 15) is 9.59 Å². The summed E-state index contributed by atoms with van der Waals surface area (Å²) in [7, 11) is 0. The molecule has 1 aromatic rings. The van der Waals surface area contributed by atoms with Crippen molar-refractivity contribution in [3.05, 3.63) is 35.4 Å². The Bertz CT molecular complexity index is 445. The molecule has 2 heterocycles. The normalized spacial score (nSPS) is 23.3. The van der Waals surface area contributed by atoms with E-state index in [0.717, 1.165) is 18.0 Å². The number of imide groups is 1. The number of benzene rings is 1. The number of hydrogen-bond donors (Lipinski definition) is 1. The van der Waals surface area contributed by atoms with E-state index in [1.807, 2.05) is 0 Å². The van der Waals surface area contributed by atoms with Gasteiger partial charge in [0.15, 0.2) is 0 Å². The molecule has 2 aliphatic heterocycles. The van der Waals surface area contributed by atoms with Gasteiger partial charge in [-0.25, -0.2) is 0 Å². The summed E-state index contributed by atoms with van der Waals surface area (Å²) < 4.78 is 0. The van der Waals surface area contributed by atoms with Crippen molar-refractivity contribution in [2.24, 2.45) is 0 Å². The van der Waals surface area contributed by atoms with E-state index in [1.165, 1.54) is 0 Å². The number of fused-ring (bicyclic) bond motifs is 1. The largest absolute Gasteiger partial charge is 0.314 e. The zero-order valence-corrected chi connectivity index (χ0v) is 9.18. The van der Waals surface area contributed by atoms with E-state index in [1.54, 1.807) is 24.3 Å². The van der Waals surface area contributed by atoms with Crippen molar-refractivity contribution in [1.29, 1.82) is 0 Å². The van der Waals surface area contributed by atoms with Crippen LogP contribution >= 0.6 is 0 Å². The lowest BCUT2D eigenvalue weighted by atomic mass is 10.1. The van der Waals surface area contributed by atoms with Crippen LogP contribution in [0.1, 0.15) is 27.1 Å². The third-order valence-electron chi connectivity index (χ3n) is 3.03. The fraction of sp³-hybridized carbons (Fsp3) is 0.333. The number of nitrogens with zero attached hydrogens (tertiary/aromatic N) is 1. The van der Waals surface area contributed by atoms with Crippen LogP contribution in [-0.2, 0) is 4.84 Å².